The summed E-state index contributed by atoms with van der Waals surface area (Å²) in [5, 5.41) is 22.1. The molecule has 0 radical (unpaired) electrons. The lowest BCUT2D eigenvalue weighted by molar-refractivity contribution is 0.616. The zero-order valence-corrected chi connectivity index (χ0v) is 36.3. The van der Waals surface area contributed by atoms with Crippen molar-refractivity contribution in [1.82, 2.24) is 58.9 Å². The van der Waals surface area contributed by atoms with E-state index < -0.39 is 0 Å². The van der Waals surface area contributed by atoms with Crippen LogP contribution in [0.5, 0.6) is 0 Å². The van der Waals surface area contributed by atoms with Crippen LogP contribution in [-0.2, 0) is 0 Å². The molecule has 0 aromatic heterocycles. The van der Waals surface area contributed by atoms with Gasteiger partial charge in [0.1, 0.15) is 0 Å². The fourth-order valence-electron chi connectivity index (χ4n) is 4.66. The number of nitrogens with zero attached hydrogens (tertiary/aromatic N) is 2. The standard InChI is InChI=1S/C7H13N.2C6H12N2.2C6H10N2.2C5H10N2.7CH4/c1-6-4-3-5-8-7(6)2;4*1-5-3-7-4-8-6(5)2;2*1-4-3-6-7-5(4)2;;;;;;;/h8H,3-5H2,1-2H3;2*7-8H,3-4H2,1-2H3;2*4H,3H2,1-2H3,(H,7,8);2*6-7H,3H2,1-2H3;7*1H4. The van der Waals surface area contributed by atoms with Gasteiger partial charge in [0.05, 0.1) is 39.1 Å². The van der Waals surface area contributed by atoms with E-state index in [1.54, 1.807) is 12.7 Å². The molecule has 0 aliphatic carbocycles. The van der Waals surface area contributed by atoms with Crippen LogP contribution in [-0.4, -0.2) is 71.8 Å². The Bertz CT molecular complexity index is 1200. The van der Waals surface area contributed by atoms with Gasteiger partial charge in [-0.15, -0.1) is 0 Å². The van der Waals surface area contributed by atoms with Crippen molar-refractivity contribution in [2.75, 3.05) is 59.2 Å². The topological polar surface area (TPSA) is 157 Å². The second-order valence-corrected chi connectivity index (χ2v) is 14.6. The first-order chi connectivity index (χ1) is 25.6. The number of hydrazine groups is 2. The highest BCUT2D eigenvalue weighted by molar-refractivity contribution is 5.60. The smallest absolute Gasteiger partial charge is 0.0869 e. The summed E-state index contributed by atoms with van der Waals surface area (Å²) in [6, 6.07) is 0. The molecule has 0 bridgehead atoms. The predicted molar refractivity (Wildman–Crippen MR) is 280 cm³/mol. The third-order valence-corrected chi connectivity index (χ3v) is 10.00. The van der Waals surface area contributed by atoms with E-state index >= 15 is 0 Å². The fraction of sp³-hybridized carbons (Fsp3) is 0.667. The Morgan fingerprint density at radius 2 is 0.721 bits per heavy atom. The van der Waals surface area contributed by atoms with E-state index in [0.717, 1.165) is 52.6 Å². The van der Waals surface area contributed by atoms with Crippen molar-refractivity contribution in [1.29, 1.82) is 0 Å². The first kappa shape index (κ1) is 71.5. The van der Waals surface area contributed by atoms with Crippen molar-refractivity contribution in [2.45, 2.75) is 162 Å². The number of allylic oxidation sites excluding steroid dienone is 8. The molecule has 0 saturated heterocycles. The van der Waals surface area contributed by atoms with Gasteiger partial charge in [0.15, 0.2) is 0 Å². The molecule has 0 aromatic rings. The summed E-state index contributed by atoms with van der Waals surface area (Å²) < 4.78 is 0. The lowest BCUT2D eigenvalue weighted by atomic mass is 10.1. The normalized spacial score (nSPS) is 17.7. The fourth-order valence-corrected chi connectivity index (χ4v) is 4.66. The molecule has 61 heavy (non-hydrogen) atoms. The van der Waals surface area contributed by atoms with E-state index in [1.807, 2.05) is 0 Å². The van der Waals surface area contributed by atoms with E-state index in [9.17, 15) is 0 Å². The van der Waals surface area contributed by atoms with Gasteiger partial charge >= 0.3 is 0 Å². The highest BCUT2D eigenvalue weighted by Crippen LogP contribution is 2.11. The maximum absolute atomic E-state index is 4.01. The van der Waals surface area contributed by atoms with Gasteiger partial charge in [-0.25, -0.2) is 10.9 Å². The van der Waals surface area contributed by atoms with Crippen molar-refractivity contribution in [3.8, 4) is 0 Å². The third-order valence-electron chi connectivity index (χ3n) is 10.00. The van der Waals surface area contributed by atoms with Crippen LogP contribution in [0.25, 0.3) is 0 Å². The van der Waals surface area contributed by atoms with Crippen LogP contribution in [0.1, 0.15) is 162 Å². The van der Waals surface area contributed by atoms with Crippen molar-refractivity contribution >= 4 is 12.7 Å². The summed E-state index contributed by atoms with van der Waals surface area (Å²) >= 11 is 0. The van der Waals surface area contributed by atoms with Crippen LogP contribution in [0.4, 0.5) is 0 Å². The minimum Gasteiger partial charge on any atom is -0.389 e. The molecule has 7 heterocycles. The van der Waals surface area contributed by atoms with Crippen LogP contribution in [0.3, 0.4) is 0 Å². The summed E-state index contributed by atoms with van der Waals surface area (Å²) in [4.78, 5) is 8.03. The zero-order valence-electron chi connectivity index (χ0n) is 36.3. The summed E-state index contributed by atoms with van der Waals surface area (Å²) in [6.45, 7) is 38.3. The molecular formula is C48H105N13. The second kappa shape index (κ2) is 41.3. The molecule has 7 aliphatic heterocycles. The molecule has 13 heteroatoms. The number of hydrogen-bond donors (Lipinski definition) is 11. The largest absolute Gasteiger partial charge is 0.389 e. The van der Waals surface area contributed by atoms with Gasteiger partial charge in [-0.3, -0.25) is 20.6 Å². The number of nitrogens with one attached hydrogen (secondary N) is 11. The SMILES string of the molecule is C.C.C.C.C.C.C.CC1=C(C)NC=NC1.CC1=C(C)NC=NC1.CC1=C(C)NCCC1.CC1=C(C)NCNC1.CC1=C(C)NCNC1.CC1=C(C)NNC1.CC1=C(C)NNC1. The lowest BCUT2D eigenvalue weighted by Gasteiger charge is -2.17. The quantitative estimate of drug-likeness (QED) is 0.113. The van der Waals surface area contributed by atoms with Gasteiger partial charge < -0.3 is 37.4 Å². The Labute approximate surface area is 380 Å². The maximum Gasteiger partial charge on any atom is 0.0869 e. The molecule has 11 N–H and O–H groups in total. The van der Waals surface area contributed by atoms with Gasteiger partial charge in [-0.2, -0.15) is 0 Å². The average Bonchev–Trinajstić information content (AvgIpc) is 3.73. The average molecular weight is 864 g/mol. The molecule has 0 amide bonds. The van der Waals surface area contributed by atoms with Gasteiger partial charge in [0.2, 0.25) is 0 Å². The minimum atomic E-state index is 0. The summed E-state index contributed by atoms with van der Waals surface area (Å²) in [5.74, 6) is 0. The van der Waals surface area contributed by atoms with E-state index in [0.29, 0.717) is 0 Å². The number of rotatable bonds is 0. The minimum absolute atomic E-state index is 0. The Balaban J connectivity index is -0.000000110. The van der Waals surface area contributed by atoms with E-state index in [2.05, 4.69) is 166 Å². The van der Waals surface area contributed by atoms with Crippen LogP contribution < -0.4 is 58.9 Å². The number of aliphatic imine (C=N–C) groups is 2. The van der Waals surface area contributed by atoms with Gasteiger partial charge in [-0.1, -0.05) is 57.6 Å². The van der Waals surface area contributed by atoms with E-state index in [-0.39, 0.29) is 52.0 Å². The highest BCUT2D eigenvalue weighted by atomic mass is 15.4. The van der Waals surface area contributed by atoms with Crippen molar-refractivity contribution in [2.24, 2.45) is 9.98 Å². The molecule has 7 aliphatic rings. The van der Waals surface area contributed by atoms with Crippen LogP contribution in [0.2, 0.25) is 0 Å². The molecule has 0 atom stereocenters. The van der Waals surface area contributed by atoms with Crippen molar-refractivity contribution < 1.29 is 0 Å². The Morgan fingerprint density at radius 3 is 0.885 bits per heavy atom. The van der Waals surface area contributed by atoms with E-state index in [1.165, 1.54) is 98.3 Å². The van der Waals surface area contributed by atoms with E-state index in [4.69, 9.17) is 0 Å². The molecule has 7 rings (SSSR count). The zero-order chi connectivity index (χ0) is 40.5. The van der Waals surface area contributed by atoms with Gasteiger partial charge in [-0.05, 0) is 143 Å². The van der Waals surface area contributed by atoms with Crippen LogP contribution in [0.15, 0.2) is 88.9 Å². The molecule has 0 unspecified atom stereocenters. The third kappa shape index (κ3) is 32.4. The van der Waals surface area contributed by atoms with Crippen molar-refractivity contribution in [3.63, 3.8) is 0 Å². The molecule has 0 aromatic carbocycles. The van der Waals surface area contributed by atoms with Gasteiger partial charge in [0, 0.05) is 72.6 Å². The Kier molecular flexibility index (Phi) is 48.4. The first-order valence-corrected chi connectivity index (χ1v) is 19.4. The Hall–Kier alpha value is -4.04. The lowest BCUT2D eigenvalue weighted by Crippen LogP contribution is -2.35. The molecule has 13 nitrogen and oxygen atoms in total. The van der Waals surface area contributed by atoms with Crippen molar-refractivity contribution in [3.05, 3.63) is 78.9 Å². The van der Waals surface area contributed by atoms with Gasteiger partial charge in [0.25, 0.3) is 0 Å². The molecule has 0 saturated carbocycles. The summed E-state index contributed by atoms with van der Waals surface area (Å²) in [6.07, 6.45) is 6.08. The molecule has 0 spiro atoms. The summed E-state index contributed by atoms with van der Waals surface area (Å²) in [5.41, 5.74) is 30.8. The molecule has 0 fully saturated rings. The van der Waals surface area contributed by atoms with Crippen LogP contribution in [0, 0.1) is 0 Å². The monoisotopic (exact) mass is 864 g/mol. The van der Waals surface area contributed by atoms with Crippen LogP contribution >= 0.6 is 0 Å². The second-order valence-electron chi connectivity index (χ2n) is 14.6. The highest BCUT2D eigenvalue weighted by Gasteiger charge is 2.04. The predicted octanol–water partition coefficient (Wildman–Crippen LogP) is 9.58. The maximum atomic E-state index is 4.01. The molecular weight excluding hydrogens is 759 g/mol. The summed E-state index contributed by atoms with van der Waals surface area (Å²) in [7, 11) is 0. The Morgan fingerprint density at radius 1 is 0.377 bits per heavy atom. The molecule has 362 valence electrons. The first-order valence-electron chi connectivity index (χ1n) is 19.4. The number of hydrogen-bond acceptors (Lipinski definition) is 13.